The number of benzene rings is 1. The Morgan fingerprint density at radius 3 is 2.53 bits per heavy atom. The van der Waals surface area contributed by atoms with Crippen molar-refractivity contribution in [1.29, 1.82) is 0 Å². The van der Waals surface area contributed by atoms with Crippen LogP contribution in [0.3, 0.4) is 0 Å². The van der Waals surface area contributed by atoms with Crippen LogP contribution in [-0.4, -0.2) is 36.7 Å². The maximum atomic E-state index is 6.55. The molecule has 1 fully saturated rings. The van der Waals surface area contributed by atoms with Gasteiger partial charge in [0.1, 0.15) is 0 Å². The lowest BCUT2D eigenvalue weighted by Crippen LogP contribution is -2.54. The van der Waals surface area contributed by atoms with Crippen LogP contribution in [0.5, 0.6) is 0 Å². The van der Waals surface area contributed by atoms with Crippen LogP contribution in [0.2, 0.25) is 0 Å². The van der Waals surface area contributed by atoms with E-state index in [1.807, 2.05) is 6.07 Å². The van der Waals surface area contributed by atoms with E-state index in [2.05, 4.69) is 49.9 Å². The molecule has 0 aromatic heterocycles. The Kier molecular flexibility index (Phi) is 4.97. The summed E-state index contributed by atoms with van der Waals surface area (Å²) >= 11 is 0. The largest absolute Gasteiger partial charge is 0.379 e. The molecule has 2 N–H and O–H groups in total. The van der Waals surface area contributed by atoms with E-state index < -0.39 is 0 Å². The van der Waals surface area contributed by atoms with Crippen LogP contribution in [0.25, 0.3) is 0 Å². The predicted octanol–water partition coefficient (Wildman–Crippen LogP) is 2.43. The molecule has 0 radical (unpaired) electrons. The van der Waals surface area contributed by atoms with Gasteiger partial charge >= 0.3 is 0 Å². The van der Waals surface area contributed by atoms with Gasteiger partial charge < -0.3 is 10.5 Å². The molecule has 19 heavy (non-hydrogen) atoms. The number of rotatable bonds is 4. The molecule has 1 saturated heterocycles. The standard InChI is InChI=1S/C16H26N2O/c1-12(2)16(18-9-10-19-11-13(18)3)15(17)14-7-5-4-6-8-14/h4-8,12-13,15-16H,9-11,17H2,1-3H3. The lowest BCUT2D eigenvalue weighted by atomic mass is 9.89. The summed E-state index contributed by atoms with van der Waals surface area (Å²) in [6.45, 7) is 9.35. The molecular formula is C16H26N2O. The minimum atomic E-state index is 0.0572. The topological polar surface area (TPSA) is 38.5 Å². The van der Waals surface area contributed by atoms with Crippen molar-refractivity contribution in [1.82, 2.24) is 4.90 Å². The number of nitrogens with zero attached hydrogens (tertiary/aromatic N) is 1. The third-order valence-electron chi connectivity index (χ3n) is 4.04. The molecule has 3 unspecified atom stereocenters. The van der Waals surface area contributed by atoms with Gasteiger partial charge in [-0.05, 0) is 18.4 Å². The van der Waals surface area contributed by atoms with Crippen molar-refractivity contribution in [3.05, 3.63) is 35.9 Å². The highest BCUT2D eigenvalue weighted by atomic mass is 16.5. The fraction of sp³-hybridized carbons (Fsp3) is 0.625. The zero-order valence-electron chi connectivity index (χ0n) is 12.3. The Labute approximate surface area is 116 Å². The minimum Gasteiger partial charge on any atom is -0.379 e. The van der Waals surface area contributed by atoms with Crippen molar-refractivity contribution in [2.45, 2.75) is 38.9 Å². The number of ether oxygens (including phenoxy) is 1. The van der Waals surface area contributed by atoms with Gasteiger partial charge in [-0.15, -0.1) is 0 Å². The van der Waals surface area contributed by atoms with Gasteiger partial charge in [0.25, 0.3) is 0 Å². The molecule has 3 atom stereocenters. The van der Waals surface area contributed by atoms with E-state index in [1.165, 1.54) is 5.56 Å². The first-order chi connectivity index (χ1) is 9.11. The quantitative estimate of drug-likeness (QED) is 0.905. The number of nitrogens with two attached hydrogens (primary N) is 1. The first-order valence-corrected chi connectivity index (χ1v) is 7.25. The normalized spacial score (nSPS) is 24.4. The van der Waals surface area contributed by atoms with Crippen LogP contribution >= 0.6 is 0 Å². The Balaban J connectivity index is 2.20. The summed E-state index contributed by atoms with van der Waals surface area (Å²) in [5.41, 5.74) is 7.77. The lowest BCUT2D eigenvalue weighted by Gasteiger charge is -2.44. The molecule has 0 bridgehead atoms. The molecule has 3 heteroatoms. The van der Waals surface area contributed by atoms with E-state index in [-0.39, 0.29) is 6.04 Å². The summed E-state index contributed by atoms with van der Waals surface area (Å²) in [6, 6.07) is 11.3. The zero-order valence-corrected chi connectivity index (χ0v) is 12.3. The Morgan fingerprint density at radius 2 is 1.95 bits per heavy atom. The summed E-state index contributed by atoms with van der Waals surface area (Å²) < 4.78 is 5.54. The molecule has 1 aliphatic heterocycles. The van der Waals surface area contributed by atoms with Crippen LogP contribution < -0.4 is 5.73 Å². The number of hydrogen-bond donors (Lipinski definition) is 1. The Bertz CT molecular complexity index is 380. The summed E-state index contributed by atoms with van der Waals surface area (Å²) in [4.78, 5) is 2.52. The van der Waals surface area contributed by atoms with Crippen molar-refractivity contribution in [2.75, 3.05) is 19.8 Å². The van der Waals surface area contributed by atoms with Gasteiger partial charge in [-0.2, -0.15) is 0 Å². The first-order valence-electron chi connectivity index (χ1n) is 7.25. The summed E-state index contributed by atoms with van der Waals surface area (Å²) in [7, 11) is 0. The monoisotopic (exact) mass is 262 g/mol. The van der Waals surface area contributed by atoms with Crippen LogP contribution in [0.15, 0.2) is 30.3 Å². The fourth-order valence-electron chi connectivity index (χ4n) is 3.06. The summed E-state index contributed by atoms with van der Waals surface area (Å²) in [5, 5.41) is 0. The van der Waals surface area contributed by atoms with Gasteiger partial charge in [0.2, 0.25) is 0 Å². The smallest absolute Gasteiger partial charge is 0.0619 e. The Morgan fingerprint density at radius 1 is 1.26 bits per heavy atom. The van der Waals surface area contributed by atoms with E-state index in [1.54, 1.807) is 0 Å². The fourth-order valence-corrected chi connectivity index (χ4v) is 3.06. The zero-order chi connectivity index (χ0) is 13.8. The molecule has 3 nitrogen and oxygen atoms in total. The van der Waals surface area contributed by atoms with E-state index in [9.17, 15) is 0 Å². The van der Waals surface area contributed by atoms with Crippen LogP contribution in [0, 0.1) is 5.92 Å². The van der Waals surface area contributed by atoms with Gasteiger partial charge in [0.15, 0.2) is 0 Å². The number of morpholine rings is 1. The van der Waals surface area contributed by atoms with E-state index in [0.29, 0.717) is 18.0 Å². The molecule has 106 valence electrons. The summed E-state index contributed by atoms with van der Waals surface area (Å²) in [5.74, 6) is 0.524. The average Bonchev–Trinajstić information content (AvgIpc) is 2.42. The maximum Gasteiger partial charge on any atom is 0.0619 e. The van der Waals surface area contributed by atoms with Crippen LogP contribution in [0.4, 0.5) is 0 Å². The highest BCUT2D eigenvalue weighted by molar-refractivity contribution is 5.20. The molecule has 0 saturated carbocycles. The van der Waals surface area contributed by atoms with Crippen LogP contribution in [-0.2, 0) is 4.74 Å². The van der Waals surface area contributed by atoms with Gasteiger partial charge in [-0.25, -0.2) is 0 Å². The third-order valence-corrected chi connectivity index (χ3v) is 4.04. The highest BCUT2D eigenvalue weighted by Gasteiger charge is 2.33. The first kappa shape index (κ1) is 14.5. The predicted molar refractivity (Wildman–Crippen MR) is 79.0 cm³/mol. The molecular weight excluding hydrogens is 236 g/mol. The second-order valence-corrected chi connectivity index (χ2v) is 5.83. The molecule has 1 heterocycles. The van der Waals surface area contributed by atoms with Crippen molar-refractivity contribution in [3.8, 4) is 0 Å². The molecule has 1 aromatic carbocycles. The van der Waals surface area contributed by atoms with E-state index in [4.69, 9.17) is 10.5 Å². The molecule has 1 aliphatic rings. The molecule has 2 rings (SSSR count). The maximum absolute atomic E-state index is 6.55. The van der Waals surface area contributed by atoms with E-state index >= 15 is 0 Å². The van der Waals surface area contributed by atoms with Crippen molar-refractivity contribution < 1.29 is 4.74 Å². The molecule has 0 amide bonds. The summed E-state index contributed by atoms with van der Waals surface area (Å²) in [6.07, 6.45) is 0. The van der Waals surface area contributed by atoms with Crippen LogP contribution in [0.1, 0.15) is 32.4 Å². The van der Waals surface area contributed by atoms with Gasteiger partial charge in [-0.1, -0.05) is 44.2 Å². The van der Waals surface area contributed by atoms with Crippen molar-refractivity contribution in [3.63, 3.8) is 0 Å². The highest BCUT2D eigenvalue weighted by Crippen LogP contribution is 2.27. The van der Waals surface area contributed by atoms with E-state index in [0.717, 1.165) is 19.8 Å². The average molecular weight is 262 g/mol. The molecule has 0 spiro atoms. The lowest BCUT2D eigenvalue weighted by molar-refractivity contribution is -0.0377. The molecule has 0 aliphatic carbocycles. The van der Waals surface area contributed by atoms with Gasteiger partial charge in [-0.3, -0.25) is 4.90 Å². The van der Waals surface area contributed by atoms with Gasteiger partial charge in [0, 0.05) is 24.7 Å². The second-order valence-electron chi connectivity index (χ2n) is 5.83. The Hall–Kier alpha value is -0.900. The SMILES string of the molecule is CC(C)C(C(N)c1ccccc1)N1CCOCC1C. The minimum absolute atomic E-state index is 0.0572. The molecule has 1 aromatic rings. The van der Waals surface area contributed by atoms with Crippen molar-refractivity contribution >= 4 is 0 Å². The third kappa shape index (κ3) is 3.35. The van der Waals surface area contributed by atoms with Gasteiger partial charge in [0.05, 0.1) is 13.2 Å². The van der Waals surface area contributed by atoms with Crippen molar-refractivity contribution in [2.24, 2.45) is 11.7 Å². The number of hydrogen-bond acceptors (Lipinski definition) is 3. The second kappa shape index (κ2) is 6.51.